The molecule has 0 saturated heterocycles. The number of halogens is 2. The minimum Gasteiger partial charge on any atom is -0.307 e. The van der Waals surface area contributed by atoms with Crippen molar-refractivity contribution in [3.8, 4) is 0 Å². The molecule has 124 valence electrons. The Morgan fingerprint density at radius 3 is 2.71 bits per heavy atom. The van der Waals surface area contributed by atoms with E-state index in [1.54, 1.807) is 24.3 Å². The lowest BCUT2D eigenvalue weighted by molar-refractivity contribution is 0.256. The second kappa shape index (κ2) is 6.58. The molecule has 1 aliphatic carbocycles. The second-order valence-corrected chi connectivity index (χ2v) is 8.10. The summed E-state index contributed by atoms with van der Waals surface area (Å²) >= 11 is 9.17. The van der Waals surface area contributed by atoms with E-state index in [0.717, 1.165) is 17.5 Å². The lowest BCUT2D eigenvalue weighted by Gasteiger charge is -2.10. The van der Waals surface area contributed by atoms with E-state index >= 15 is 0 Å². The van der Waals surface area contributed by atoms with Gasteiger partial charge < -0.3 is 5.32 Å². The molecule has 8 heteroatoms. The summed E-state index contributed by atoms with van der Waals surface area (Å²) in [6.45, 7) is 0. The predicted octanol–water partition coefficient (Wildman–Crippen LogP) is 4.18. The van der Waals surface area contributed by atoms with E-state index in [1.165, 1.54) is 12.1 Å². The number of sulfonamides is 1. The van der Waals surface area contributed by atoms with Crippen molar-refractivity contribution >= 4 is 55.3 Å². The average molecular weight is 428 g/mol. The molecule has 0 aromatic heterocycles. The molecule has 0 bridgehead atoms. The van der Waals surface area contributed by atoms with Crippen molar-refractivity contribution in [2.75, 3.05) is 5.32 Å². The number of benzene rings is 2. The molecule has 0 heterocycles. The summed E-state index contributed by atoms with van der Waals surface area (Å²) in [5, 5.41) is 2.84. The molecule has 24 heavy (non-hydrogen) atoms. The molecule has 0 spiro atoms. The van der Waals surface area contributed by atoms with Crippen LogP contribution < -0.4 is 10.0 Å². The smallest absolute Gasteiger partial charge is 0.307 e. The Balaban J connectivity index is 1.75. The molecule has 2 aromatic rings. The fraction of sp³-hybridized carbons (Fsp3) is 0.0625. The van der Waals surface area contributed by atoms with Crippen LogP contribution in [0.3, 0.4) is 0 Å². The predicted molar refractivity (Wildman–Crippen MR) is 97.7 cm³/mol. The van der Waals surface area contributed by atoms with Crippen LogP contribution in [-0.4, -0.2) is 14.4 Å². The fourth-order valence-electron chi connectivity index (χ4n) is 2.31. The van der Waals surface area contributed by atoms with Crippen molar-refractivity contribution in [3.05, 3.63) is 63.1 Å². The number of hydrogen-bond acceptors (Lipinski definition) is 3. The normalized spacial score (nSPS) is 12.8. The van der Waals surface area contributed by atoms with Crippen LogP contribution in [0.2, 0.25) is 5.02 Å². The van der Waals surface area contributed by atoms with Gasteiger partial charge in [-0.2, -0.15) is 0 Å². The second-order valence-electron chi connectivity index (χ2n) is 5.16. The summed E-state index contributed by atoms with van der Waals surface area (Å²) in [5.41, 5.74) is 2.29. The van der Waals surface area contributed by atoms with Crippen molar-refractivity contribution < 1.29 is 13.2 Å². The summed E-state index contributed by atoms with van der Waals surface area (Å²) in [5.74, 6) is 0. The van der Waals surface area contributed by atoms with Gasteiger partial charge in [0.15, 0.2) is 0 Å². The first kappa shape index (κ1) is 17.0. The Morgan fingerprint density at radius 2 is 1.96 bits per heavy atom. The maximum Gasteiger partial charge on any atom is 0.333 e. The summed E-state index contributed by atoms with van der Waals surface area (Å²) in [6, 6.07) is 8.68. The number of urea groups is 1. The lowest BCUT2D eigenvalue weighted by Crippen LogP contribution is -2.34. The number of rotatable bonds is 3. The first-order chi connectivity index (χ1) is 11.3. The third-order valence-electron chi connectivity index (χ3n) is 3.47. The highest BCUT2D eigenvalue weighted by atomic mass is 79.9. The first-order valence-electron chi connectivity index (χ1n) is 6.93. The zero-order chi connectivity index (χ0) is 17.3. The first-order valence-corrected chi connectivity index (χ1v) is 9.59. The summed E-state index contributed by atoms with van der Waals surface area (Å²) in [4.78, 5) is 12.0. The molecule has 1 aliphatic rings. The molecular weight excluding hydrogens is 416 g/mol. The van der Waals surface area contributed by atoms with Crippen LogP contribution in [0.4, 0.5) is 10.5 Å². The topological polar surface area (TPSA) is 75.3 Å². The van der Waals surface area contributed by atoms with Gasteiger partial charge in [-0.25, -0.2) is 17.9 Å². The van der Waals surface area contributed by atoms with E-state index < -0.39 is 16.1 Å². The van der Waals surface area contributed by atoms with E-state index in [4.69, 9.17) is 11.6 Å². The van der Waals surface area contributed by atoms with Crippen LogP contribution in [-0.2, 0) is 16.4 Å². The molecule has 5 nitrogen and oxygen atoms in total. The fourth-order valence-corrected chi connectivity index (χ4v) is 3.67. The Bertz CT molecular complexity index is 958. The maximum atomic E-state index is 12.3. The van der Waals surface area contributed by atoms with Gasteiger partial charge in [0, 0.05) is 10.2 Å². The largest absolute Gasteiger partial charge is 0.333 e. The quantitative estimate of drug-likeness (QED) is 0.771. The van der Waals surface area contributed by atoms with E-state index in [-0.39, 0.29) is 4.90 Å². The lowest BCUT2D eigenvalue weighted by atomic mass is 10.1. The van der Waals surface area contributed by atoms with Gasteiger partial charge in [0.2, 0.25) is 0 Å². The van der Waals surface area contributed by atoms with Gasteiger partial charge in [0.05, 0.1) is 9.92 Å². The highest BCUT2D eigenvalue weighted by molar-refractivity contribution is 9.10. The van der Waals surface area contributed by atoms with Gasteiger partial charge in [-0.3, -0.25) is 0 Å². The molecule has 2 amide bonds. The molecule has 0 unspecified atom stereocenters. The minimum absolute atomic E-state index is 0.0387. The van der Waals surface area contributed by atoms with Crippen molar-refractivity contribution in [1.82, 2.24) is 4.72 Å². The standard InChI is InChI=1S/C16H12BrClN2O3S/c17-14-7-5-12(9-15(14)18)19-16(21)20-24(22,23)13-6-4-10-2-1-3-11(10)8-13/h1,3-9H,2H2,(H2,19,20,21). The molecule has 3 rings (SSSR count). The van der Waals surface area contributed by atoms with Gasteiger partial charge in [-0.1, -0.05) is 29.8 Å². The summed E-state index contributed by atoms with van der Waals surface area (Å²) in [7, 11) is -3.96. The third-order valence-corrected chi connectivity index (χ3v) is 6.03. The highest BCUT2D eigenvalue weighted by Gasteiger charge is 2.19. The maximum absolute atomic E-state index is 12.3. The number of hydrogen-bond donors (Lipinski definition) is 2. The third kappa shape index (κ3) is 3.63. The Morgan fingerprint density at radius 1 is 1.17 bits per heavy atom. The van der Waals surface area contributed by atoms with Crippen molar-refractivity contribution in [1.29, 1.82) is 0 Å². The van der Waals surface area contributed by atoms with E-state index in [0.29, 0.717) is 15.2 Å². The number of fused-ring (bicyclic) bond motifs is 1. The Kier molecular flexibility index (Phi) is 4.67. The number of amides is 2. The van der Waals surface area contributed by atoms with E-state index in [9.17, 15) is 13.2 Å². The van der Waals surface area contributed by atoms with Crippen LogP contribution >= 0.6 is 27.5 Å². The molecule has 0 fully saturated rings. The molecule has 0 atom stereocenters. The van der Waals surface area contributed by atoms with Gasteiger partial charge >= 0.3 is 6.03 Å². The molecule has 2 N–H and O–H groups in total. The monoisotopic (exact) mass is 426 g/mol. The van der Waals surface area contributed by atoms with Crippen molar-refractivity contribution in [3.63, 3.8) is 0 Å². The van der Waals surface area contributed by atoms with E-state index in [2.05, 4.69) is 21.2 Å². The molecule has 0 aliphatic heterocycles. The van der Waals surface area contributed by atoms with Gasteiger partial charge in [-0.05, 0) is 63.8 Å². The van der Waals surface area contributed by atoms with Crippen LogP contribution in [0.1, 0.15) is 11.1 Å². The Hall–Kier alpha value is -1.83. The number of carbonyl (C=O) groups is 1. The van der Waals surface area contributed by atoms with Gasteiger partial charge in [0.1, 0.15) is 0 Å². The Labute approximate surface area is 152 Å². The zero-order valence-electron chi connectivity index (χ0n) is 12.2. The van der Waals surface area contributed by atoms with Crippen LogP contribution in [0.25, 0.3) is 6.08 Å². The SMILES string of the molecule is O=C(Nc1ccc(Br)c(Cl)c1)NS(=O)(=O)c1ccc2c(c1)C=CC2. The van der Waals surface area contributed by atoms with Crippen LogP contribution in [0.15, 0.2) is 51.8 Å². The number of nitrogens with one attached hydrogen (secondary N) is 2. The summed E-state index contributed by atoms with van der Waals surface area (Å²) in [6.07, 6.45) is 4.60. The molecule has 0 saturated carbocycles. The van der Waals surface area contributed by atoms with Gasteiger partial charge in [0.25, 0.3) is 10.0 Å². The highest BCUT2D eigenvalue weighted by Crippen LogP contribution is 2.26. The minimum atomic E-state index is -3.96. The zero-order valence-corrected chi connectivity index (χ0v) is 15.4. The molecule has 0 radical (unpaired) electrons. The average Bonchev–Trinajstić information content (AvgIpc) is 2.98. The van der Waals surface area contributed by atoms with Crippen molar-refractivity contribution in [2.24, 2.45) is 0 Å². The number of anilines is 1. The van der Waals surface area contributed by atoms with E-state index in [1.807, 2.05) is 16.9 Å². The number of carbonyl (C=O) groups excluding carboxylic acids is 1. The van der Waals surface area contributed by atoms with Crippen LogP contribution in [0, 0.1) is 0 Å². The van der Waals surface area contributed by atoms with Crippen molar-refractivity contribution in [2.45, 2.75) is 11.3 Å². The number of allylic oxidation sites excluding steroid dienone is 1. The molecule has 2 aromatic carbocycles. The van der Waals surface area contributed by atoms with Gasteiger partial charge in [-0.15, -0.1) is 0 Å². The van der Waals surface area contributed by atoms with Crippen LogP contribution in [0.5, 0.6) is 0 Å². The summed E-state index contributed by atoms with van der Waals surface area (Å²) < 4.78 is 27.3. The molecular formula is C16H12BrClN2O3S.